The van der Waals surface area contributed by atoms with Gasteiger partial charge in [0, 0.05) is 80.0 Å². The predicted molar refractivity (Wildman–Crippen MR) is 311 cm³/mol. The average Bonchev–Trinajstić information content (AvgIpc) is 3.74. The molecule has 0 amide bonds. The quantitative estimate of drug-likeness (QED) is 0.128. The molecule has 4 heteroatoms. The highest BCUT2D eigenvalue weighted by Crippen LogP contribution is 2.40. The molecule has 0 saturated heterocycles. The SMILES string of the molecule is Cc1ccc(N(c2ccccc2)c2ccc(-c3ccc(N(c4ccccc4)c4ccc(-c5ccc(N(c6ccccc6)c6cccc(C)c6)cc5)cc4)cc3)cc2)cc1.Cn1c2ccccc2c2ccccc21. The Morgan fingerprint density at radius 1 is 0.233 bits per heavy atom. The first-order chi connectivity index (χ1) is 35.9. The number of benzene rings is 11. The lowest BCUT2D eigenvalue weighted by Crippen LogP contribution is -2.10. The Hall–Kier alpha value is -9.38. The van der Waals surface area contributed by atoms with Crippen molar-refractivity contribution in [3.05, 3.63) is 296 Å². The summed E-state index contributed by atoms with van der Waals surface area (Å²) in [7, 11) is 2.12. The summed E-state index contributed by atoms with van der Waals surface area (Å²) in [5.74, 6) is 0. The molecular weight excluding hydrogens is 885 g/mol. The first-order valence-electron chi connectivity index (χ1n) is 25.0. The normalized spacial score (nSPS) is 10.9. The van der Waals surface area contributed by atoms with E-state index in [4.69, 9.17) is 0 Å². The van der Waals surface area contributed by atoms with Crippen LogP contribution in [0.25, 0.3) is 44.1 Å². The van der Waals surface area contributed by atoms with E-state index in [1.807, 2.05) is 0 Å². The van der Waals surface area contributed by atoms with Gasteiger partial charge >= 0.3 is 0 Å². The third kappa shape index (κ3) is 9.88. The standard InChI is InChI=1S/C56H45N3.C13H11N/c1-42-21-31-51(32-22-42)57(48-14-6-3-7-15-48)52-33-23-44(24-34-52)45-25-35-53(36-26-45)58(49-16-8-4-9-17-49)54-37-27-46(28-38-54)47-29-39-55(40-30-47)59(50-18-10-5-11-19-50)56-20-12-13-43(2)41-56;1-14-12-8-4-2-6-10(12)11-7-3-5-9-13(11)14/h3-41H,1-2H3;2-9H,1H3. The predicted octanol–water partition coefficient (Wildman–Crippen LogP) is 19.4. The molecule has 11 aromatic carbocycles. The molecule has 0 N–H and O–H groups in total. The van der Waals surface area contributed by atoms with Gasteiger partial charge in [-0.05, 0) is 163 Å². The third-order valence-corrected chi connectivity index (χ3v) is 13.6. The molecule has 0 unspecified atom stereocenters. The molecule has 1 aromatic heterocycles. The lowest BCUT2D eigenvalue weighted by molar-refractivity contribution is 1.01. The number of aromatic nitrogens is 1. The number of aryl methyl sites for hydroxylation is 3. The summed E-state index contributed by atoms with van der Waals surface area (Å²) in [4.78, 5) is 6.93. The van der Waals surface area contributed by atoms with Crippen LogP contribution >= 0.6 is 0 Å². The van der Waals surface area contributed by atoms with Crippen molar-refractivity contribution in [3.63, 3.8) is 0 Å². The molecule has 1 heterocycles. The van der Waals surface area contributed by atoms with Crippen molar-refractivity contribution in [2.24, 2.45) is 7.05 Å². The molecule has 0 aliphatic heterocycles. The topological polar surface area (TPSA) is 14.7 Å². The minimum atomic E-state index is 1.10. The molecule has 0 radical (unpaired) electrons. The summed E-state index contributed by atoms with van der Waals surface area (Å²) in [6.07, 6.45) is 0. The zero-order valence-corrected chi connectivity index (χ0v) is 41.4. The fraction of sp³-hybridized carbons (Fsp3) is 0.0435. The van der Waals surface area contributed by atoms with E-state index in [0.717, 1.165) is 51.2 Å². The van der Waals surface area contributed by atoms with Crippen molar-refractivity contribution in [1.82, 2.24) is 4.57 Å². The Morgan fingerprint density at radius 2 is 0.507 bits per heavy atom. The number of hydrogen-bond acceptors (Lipinski definition) is 3. The van der Waals surface area contributed by atoms with Crippen LogP contribution in [0, 0.1) is 13.8 Å². The molecule has 0 atom stereocenters. The minimum Gasteiger partial charge on any atom is -0.344 e. The lowest BCUT2D eigenvalue weighted by atomic mass is 10.0. The number of para-hydroxylation sites is 5. The van der Waals surface area contributed by atoms with Crippen molar-refractivity contribution in [2.45, 2.75) is 13.8 Å². The Balaban J connectivity index is 0.000000350. The Bertz CT molecular complexity index is 3660. The van der Waals surface area contributed by atoms with Gasteiger partial charge in [0.2, 0.25) is 0 Å². The lowest BCUT2D eigenvalue weighted by Gasteiger charge is -2.26. The first-order valence-corrected chi connectivity index (χ1v) is 25.0. The summed E-state index contributed by atoms with van der Waals surface area (Å²) >= 11 is 0. The zero-order chi connectivity index (χ0) is 49.5. The van der Waals surface area contributed by atoms with Gasteiger partial charge in [-0.2, -0.15) is 0 Å². The summed E-state index contributed by atoms with van der Waals surface area (Å²) in [6.45, 7) is 4.26. The Kier molecular flexibility index (Phi) is 13.2. The third-order valence-electron chi connectivity index (χ3n) is 13.6. The summed E-state index contributed by atoms with van der Waals surface area (Å²) < 4.78 is 2.24. The number of fused-ring (bicyclic) bond motifs is 3. The average molecular weight is 941 g/mol. The first kappa shape index (κ1) is 46.0. The van der Waals surface area contributed by atoms with Crippen molar-refractivity contribution in [1.29, 1.82) is 0 Å². The molecule has 12 rings (SSSR count). The second-order valence-corrected chi connectivity index (χ2v) is 18.5. The van der Waals surface area contributed by atoms with Gasteiger partial charge in [0.05, 0.1) is 0 Å². The van der Waals surface area contributed by atoms with E-state index >= 15 is 0 Å². The Labute approximate surface area is 429 Å². The van der Waals surface area contributed by atoms with Gasteiger partial charge in [-0.25, -0.2) is 0 Å². The number of nitrogens with zero attached hydrogens (tertiary/aromatic N) is 4. The van der Waals surface area contributed by atoms with Crippen LogP contribution in [0.3, 0.4) is 0 Å². The van der Waals surface area contributed by atoms with E-state index in [0.29, 0.717) is 0 Å². The molecule has 0 aliphatic rings. The van der Waals surface area contributed by atoms with Crippen LogP contribution in [0.1, 0.15) is 11.1 Å². The van der Waals surface area contributed by atoms with Gasteiger partial charge in [0.1, 0.15) is 0 Å². The highest BCUT2D eigenvalue weighted by molar-refractivity contribution is 6.07. The molecule has 0 spiro atoms. The monoisotopic (exact) mass is 940 g/mol. The molecular formula is C69H56N4. The Morgan fingerprint density at radius 3 is 0.849 bits per heavy atom. The minimum absolute atomic E-state index is 1.10. The zero-order valence-electron chi connectivity index (χ0n) is 41.4. The van der Waals surface area contributed by atoms with Gasteiger partial charge in [-0.3, -0.25) is 0 Å². The molecule has 0 aliphatic carbocycles. The van der Waals surface area contributed by atoms with Gasteiger partial charge in [-0.15, -0.1) is 0 Å². The molecule has 0 fully saturated rings. The van der Waals surface area contributed by atoms with E-state index in [2.05, 4.69) is 325 Å². The van der Waals surface area contributed by atoms with E-state index in [-0.39, 0.29) is 0 Å². The molecule has 12 aromatic rings. The second-order valence-electron chi connectivity index (χ2n) is 18.5. The largest absolute Gasteiger partial charge is 0.344 e. The van der Waals surface area contributed by atoms with E-state index < -0.39 is 0 Å². The van der Waals surface area contributed by atoms with Crippen molar-refractivity contribution >= 4 is 73.0 Å². The van der Waals surface area contributed by atoms with Crippen LogP contribution in [0.5, 0.6) is 0 Å². The summed E-state index contributed by atoms with van der Waals surface area (Å²) in [5.41, 5.74) is 19.8. The fourth-order valence-electron chi connectivity index (χ4n) is 9.86. The van der Waals surface area contributed by atoms with E-state index in [9.17, 15) is 0 Å². The molecule has 0 bridgehead atoms. The van der Waals surface area contributed by atoms with Crippen LogP contribution in [0.2, 0.25) is 0 Å². The molecule has 352 valence electrons. The molecule has 73 heavy (non-hydrogen) atoms. The molecule has 0 saturated carbocycles. The van der Waals surface area contributed by atoms with E-state index in [1.165, 1.54) is 55.2 Å². The maximum absolute atomic E-state index is 2.32. The molecule has 4 nitrogen and oxygen atoms in total. The van der Waals surface area contributed by atoms with Gasteiger partial charge in [-0.1, -0.05) is 169 Å². The second kappa shape index (κ2) is 20.9. The number of hydrogen-bond donors (Lipinski definition) is 0. The van der Waals surface area contributed by atoms with Crippen molar-refractivity contribution < 1.29 is 0 Å². The maximum Gasteiger partial charge on any atom is 0.0488 e. The van der Waals surface area contributed by atoms with Crippen molar-refractivity contribution in [3.8, 4) is 22.3 Å². The number of anilines is 9. The van der Waals surface area contributed by atoms with Crippen LogP contribution in [-0.4, -0.2) is 4.57 Å². The van der Waals surface area contributed by atoms with Crippen molar-refractivity contribution in [2.75, 3.05) is 14.7 Å². The van der Waals surface area contributed by atoms with Gasteiger partial charge in [0.25, 0.3) is 0 Å². The van der Waals surface area contributed by atoms with Crippen LogP contribution in [0.4, 0.5) is 51.2 Å². The van der Waals surface area contributed by atoms with Crippen LogP contribution in [0.15, 0.2) is 285 Å². The van der Waals surface area contributed by atoms with Gasteiger partial charge in [0.15, 0.2) is 0 Å². The number of rotatable bonds is 11. The summed E-state index contributed by atoms with van der Waals surface area (Å²) in [5, 5.41) is 2.68. The fourth-order valence-corrected chi connectivity index (χ4v) is 9.86. The van der Waals surface area contributed by atoms with Crippen LogP contribution < -0.4 is 14.7 Å². The highest BCUT2D eigenvalue weighted by atomic mass is 15.2. The van der Waals surface area contributed by atoms with Crippen LogP contribution in [-0.2, 0) is 7.05 Å². The highest BCUT2D eigenvalue weighted by Gasteiger charge is 2.17. The smallest absolute Gasteiger partial charge is 0.0488 e. The summed E-state index contributed by atoms with van der Waals surface area (Å²) in [6, 6.07) is 102. The van der Waals surface area contributed by atoms with Gasteiger partial charge < -0.3 is 19.3 Å². The maximum atomic E-state index is 2.32. The van der Waals surface area contributed by atoms with E-state index in [1.54, 1.807) is 0 Å².